The molecule has 1 unspecified atom stereocenters. The SMILES string of the molecule is COC(=O)NC1CCN(c2nc(NN)ncc2C)C1. The van der Waals surface area contributed by atoms with Crippen molar-refractivity contribution in [1.29, 1.82) is 0 Å². The van der Waals surface area contributed by atoms with E-state index in [1.54, 1.807) is 6.20 Å². The van der Waals surface area contributed by atoms with Crippen LogP contribution in [0.4, 0.5) is 16.6 Å². The monoisotopic (exact) mass is 266 g/mol. The Hall–Kier alpha value is -2.09. The van der Waals surface area contributed by atoms with Crippen molar-refractivity contribution in [2.75, 3.05) is 30.5 Å². The maximum atomic E-state index is 11.2. The first-order chi connectivity index (χ1) is 9.13. The van der Waals surface area contributed by atoms with Crippen LogP contribution in [0.5, 0.6) is 0 Å². The Balaban J connectivity index is 2.06. The number of ether oxygens (including phenoxy) is 1. The summed E-state index contributed by atoms with van der Waals surface area (Å²) in [7, 11) is 1.36. The number of alkyl carbamates (subject to hydrolysis) is 1. The molecule has 1 aromatic heterocycles. The van der Waals surface area contributed by atoms with E-state index in [0.717, 1.165) is 24.3 Å². The fraction of sp³-hybridized carbons (Fsp3) is 0.545. The Morgan fingerprint density at radius 2 is 2.42 bits per heavy atom. The van der Waals surface area contributed by atoms with E-state index < -0.39 is 6.09 Å². The van der Waals surface area contributed by atoms with E-state index in [9.17, 15) is 4.79 Å². The van der Waals surface area contributed by atoms with Crippen LogP contribution in [-0.2, 0) is 4.74 Å². The zero-order chi connectivity index (χ0) is 13.8. The second-order valence-corrected chi connectivity index (χ2v) is 4.41. The van der Waals surface area contributed by atoms with Gasteiger partial charge < -0.3 is 15.0 Å². The van der Waals surface area contributed by atoms with Gasteiger partial charge in [0.2, 0.25) is 5.95 Å². The van der Waals surface area contributed by atoms with Crippen molar-refractivity contribution in [2.45, 2.75) is 19.4 Å². The number of hydrogen-bond donors (Lipinski definition) is 3. The molecule has 0 spiro atoms. The molecule has 1 atom stereocenters. The van der Waals surface area contributed by atoms with Crippen LogP contribution in [0.2, 0.25) is 0 Å². The van der Waals surface area contributed by atoms with E-state index >= 15 is 0 Å². The zero-order valence-electron chi connectivity index (χ0n) is 11.0. The number of nitrogens with zero attached hydrogens (tertiary/aromatic N) is 3. The predicted molar refractivity (Wildman–Crippen MR) is 70.7 cm³/mol. The molecular weight excluding hydrogens is 248 g/mol. The van der Waals surface area contributed by atoms with Crippen molar-refractivity contribution in [3.63, 3.8) is 0 Å². The van der Waals surface area contributed by atoms with Crippen LogP contribution in [0.3, 0.4) is 0 Å². The maximum Gasteiger partial charge on any atom is 0.407 e. The lowest BCUT2D eigenvalue weighted by molar-refractivity contribution is 0.167. The lowest BCUT2D eigenvalue weighted by Crippen LogP contribution is -2.37. The lowest BCUT2D eigenvalue weighted by Gasteiger charge is -2.20. The smallest absolute Gasteiger partial charge is 0.407 e. The van der Waals surface area contributed by atoms with Crippen LogP contribution < -0.4 is 21.5 Å². The number of carbonyl (C=O) groups is 1. The number of nitrogen functional groups attached to an aromatic ring is 1. The van der Waals surface area contributed by atoms with Crippen molar-refractivity contribution in [1.82, 2.24) is 15.3 Å². The number of nitrogens with two attached hydrogens (primary N) is 1. The second kappa shape index (κ2) is 5.70. The largest absolute Gasteiger partial charge is 0.453 e. The molecule has 0 aromatic carbocycles. The average Bonchev–Trinajstić information content (AvgIpc) is 2.87. The number of methoxy groups -OCH3 is 1. The molecule has 1 amide bonds. The first-order valence-electron chi connectivity index (χ1n) is 6.03. The number of aromatic nitrogens is 2. The van der Waals surface area contributed by atoms with Crippen LogP contribution in [-0.4, -0.2) is 42.3 Å². The van der Waals surface area contributed by atoms with Gasteiger partial charge in [0.1, 0.15) is 5.82 Å². The van der Waals surface area contributed by atoms with Gasteiger partial charge in [0.25, 0.3) is 0 Å². The molecule has 2 rings (SSSR count). The molecule has 104 valence electrons. The van der Waals surface area contributed by atoms with Gasteiger partial charge in [-0.1, -0.05) is 0 Å². The molecule has 4 N–H and O–H groups in total. The third-order valence-electron chi connectivity index (χ3n) is 3.07. The van der Waals surface area contributed by atoms with Gasteiger partial charge in [-0.15, -0.1) is 0 Å². The summed E-state index contributed by atoms with van der Waals surface area (Å²) in [6, 6.07) is 0.0658. The highest BCUT2D eigenvalue weighted by atomic mass is 16.5. The van der Waals surface area contributed by atoms with Crippen LogP contribution in [0.25, 0.3) is 0 Å². The Morgan fingerprint density at radius 3 is 3.11 bits per heavy atom. The molecule has 0 bridgehead atoms. The summed E-state index contributed by atoms with van der Waals surface area (Å²) in [6.45, 7) is 3.45. The average molecular weight is 266 g/mol. The van der Waals surface area contributed by atoms with Gasteiger partial charge in [-0.05, 0) is 13.3 Å². The van der Waals surface area contributed by atoms with E-state index in [1.807, 2.05) is 6.92 Å². The molecule has 19 heavy (non-hydrogen) atoms. The van der Waals surface area contributed by atoms with E-state index in [2.05, 4.69) is 30.3 Å². The first-order valence-corrected chi connectivity index (χ1v) is 6.03. The van der Waals surface area contributed by atoms with Crippen LogP contribution in [0, 0.1) is 6.92 Å². The highest BCUT2D eigenvalue weighted by Gasteiger charge is 2.26. The summed E-state index contributed by atoms with van der Waals surface area (Å²) in [5, 5.41) is 2.79. The van der Waals surface area contributed by atoms with Gasteiger partial charge in [-0.25, -0.2) is 15.6 Å². The highest BCUT2D eigenvalue weighted by Crippen LogP contribution is 2.22. The number of rotatable bonds is 3. The van der Waals surface area contributed by atoms with Crippen molar-refractivity contribution < 1.29 is 9.53 Å². The van der Waals surface area contributed by atoms with Crippen molar-refractivity contribution in [3.05, 3.63) is 11.8 Å². The molecule has 0 aliphatic carbocycles. The van der Waals surface area contributed by atoms with E-state index in [1.165, 1.54) is 7.11 Å². The number of amides is 1. The van der Waals surface area contributed by atoms with Crippen molar-refractivity contribution in [3.8, 4) is 0 Å². The summed E-state index contributed by atoms with van der Waals surface area (Å²) in [5.74, 6) is 6.52. The topological polar surface area (TPSA) is 105 Å². The van der Waals surface area contributed by atoms with Gasteiger partial charge in [0, 0.05) is 24.8 Å². The Kier molecular flexibility index (Phi) is 4.00. The number of aryl methyl sites for hydroxylation is 1. The Bertz CT molecular complexity index is 466. The highest BCUT2D eigenvalue weighted by molar-refractivity contribution is 5.67. The van der Waals surface area contributed by atoms with Gasteiger partial charge in [-0.2, -0.15) is 4.98 Å². The maximum absolute atomic E-state index is 11.2. The minimum atomic E-state index is -0.407. The molecule has 0 radical (unpaired) electrons. The minimum absolute atomic E-state index is 0.0658. The van der Waals surface area contributed by atoms with Crippen LogP contribution in [0.1, 0.15) is 12.0 Å². The molecular formula is C11H18N6O2. The molecule has 8 nitrogen and oxygen atoms in total. The number of hydrogen-bond acceptors (Lipinski definition) is 7. The molecule has 1 aromatic rings. The molecule has 0 saturated carbocycles. The van der Waals surface area contributed by atoms with Crippen LogP contribution >= 0.6 is 0 Å². The van der Waals surface area contributed by atoms with Crippen molar-refractivity contribution >= 4 is 17.9 Å². The first kappa shape index (κ1) is 13.3. The standard InChI is InChI=1S/C11H18N6O2/c1-7-5-13-10(16-12)15-9(7)17-4-3-8(6-17)14-11(18)19-2/h5,8H,3-4,6,12H2,1-2H3,(H,14,18)(H,13,15,16). The van der Waals surface area contributed by atoms with Gasteiger partial charge in [0.05, 0.1) is 13.2 Å². The minimum Gasteiger partial charge on any atom is -0.453 e. The fourth-order valence-electron chi connectivity index (χ4n) is 2.12. The van der Waals surface area contributed by atoms with E-state index in [4.69, 9.17) is 5.84 Å². The quantitative estimate of drug-likeness (QED) is 0.522. The summed E-state index contributed by atoms with van der Waals surface area (Å²) in [4.78, 5) is 21.7. The molecule has 1 aliphatic rings. The zero-order valence-corrected chi connectivity index (χ0v) is 11.0. The van der Waals surface area contributed by atoms with Gasteiger partial charge in [0.15, 0.2) is 0 Å². The molecule has 8 heteroatoms. The molecule has 2 heterocycles. The number of anilines is 2. The number of nitrogens with one attached hydrogen (secondary N) is 2. The summed E-state index contributed by atoms with van der Waals surface area (Å²) in [6.07, 6.45) is 2.17. The second-order valence-electron chi connectivity index (χ2n) is 4.41. The number of carbonyl (C=O) groups excluding carboxylic acids is 1. The third-order valence-corrected chi connectivity index (χ3v) is 3.07. The van der Waals surface area contributed by atoms with Crippen molar-refractivity contribution in [2.24, 2.45) is 5.84 Å². The molecule has 1 fully saturated rings. The lowest BCUT2D eigenvalue weighted by atomic mass is 10.3. The third kappa shape index (κ3) is 3.02. The van der Waals surface area contributed by atoms with Gasteiger partial charge in [-0.3, -0.25) is 5.43 Å². The summed E-state index contributed by atoms with van der Waals surface area (Å²) in [5.41, 5.74) is 3.40. The molecule has 1 aliphatic heterocycles. The van der Waals surface area contributed by atoms with E-state index in [-0.39, 0.29) is 6.04 Å². The predicted octanol–water partition coefficient (Wildman–Crippen LogP) is 0.00532. The normalized spacial score (nSPS) is 18.3. The fourth-order valence-corrected chi connectivity index (χ4v) is 2.12. The number of hydrazine groups is 1. The van der Waals surface area contributed by atoms with Gasteiger partial charge >= 0.3 is 6.09 Å². The summed E-state index contributed by atoms with van der Waals surface area (Å²) >= 11 is 0. The molecule has 1 saturated heterocycles. The Morgan fingerprint density at radius 1 is 1.63 bits per heavy atom. The van der Waals surface area contributed by atoms with Crippen LogP contribution in [0.15, 0.2) is 6.20 Å². The van der Waals surface area contributed by atoms with E-state index in [0.29, 0.717) is 12.5 Å². The summed E-state index contributed by atoms with van der Waals surface area (Å²) < 4.78 is 4.59. The Labute approximate surface area is 111 Å².